The summed E-state index contributed by atoms with van der Waals surface area (Å²) in [6.45, 7) is 3.71. The van der Waals surface area contributed by atoms with Crippen LogP contribution < -0.4 is 5.32 Å². The summed E-state index contributed by atoms with van der Waals surface area (Å²) in [7, 11) is 0. The van der Waals surface area contributed by atoms with Crippen molar-refractivity contribution >= 4 is 41.1 Å². The lowest BCUT2D eigenvalue weighted by Gasteiger charge is -2.20. The van der Waals surface area contributed by atoms with Crippen LogP contribution in [0.1, 0.15) is 31.5 Å². The molecule has 0 spiro atoms. The van der Waals surface area contributed by atoms with Gasteiger partial charge in [0.2, 0.25) is 5.91 Å². The number of aromatic nitrogens is 3. The van der Waals surface area contributed by atoms with E-state index in [1.807, 2.05) is 48.7 Å². The van der Waals surface area contributed by atoms with E-state index in [2.05, 4.69) is 15.5 Å². The molecule has 2 N–H and O–H groups in total. The molecule has 3 aromatic rings. The molecule has 0 aliphatic carbocycles. The third kappa shape index (κ3) is 3.68. The average Bonchev–Trinajstić information content (AvgIpc) is 3.23. The minimum Gasteiger partial charge on any atom is -0.348 e. The highest BCUT2D eigenvalue weighted by atomic mass is 35.5. The molecule has 8 heteroatoms. The van der Waals surface area contributed by atoms with Crippen LogP contribution in [0.15, 0.2) is 41.8 Å². The summed E-state index contributed by atoms with van der Waals surface area (Å²) in [4.78, 5) is 13.7. The van der Waals surface area contributed by atoms with Crippen molar-refractivity contribution in [1.82, 2.24) is 20.1 Å². The van der Waals surface area contributed by atoms with Crippen molar-refractivity contribution in [2.75, 3.05) is 0 Å². The van der Waals surface area contributed by atoms with Crippen LogP contribution in [-0.2, 0) is 4.79 Å². The molecule has 0 saturated heterocycles. The number of halogens is 1. The molecule has 2 aromatic heterocycles. The number of H-pyrrole nitrogens is 1. The molecule has 0 aliphatic rings. The van der Waals surface area contributed by atoms with Gasteiger partial charge in [-0.15, -0.1) is 11.3 Å². The fourth-order valence-corrected chi connectivity index (χ4v) is 3.90. The zero-order chi connectivity index (χ0) is 18.0. The van der Waals surface area contributed by atoms with Crippen molar-refractivity contribution in [2.45, 2.75) is 25.9 Å². The number of benzene rings is 1. The first kappa shape index (κ1) is 17.8. The first-order valence-electron chi connectivity index (χ1n) is 7.74. The van der Waals surface area contributed by atoms with Gasteiger partial charge in [-0.05, 0) is 49.1 Å². The van der Waals surface area contributed by atoms with E-state index in [1.54, 1.807) is 22.8 Å². The van der Waals surface area contributed by atoms with E-state index in [0.29, 0.717) is 15.6 Å². The predicted molar refractivity (Wildman–Crippen MR) is 103 cm³/mol. The standard InChI is InChI=1S/C17H17ClN4OS2/c1-10(12-6-3-4-7-13(12)18)19-16(23)11(2)22-15(20-21-17(22)24)14-8-5-9-25-14/h3-11H,1-2H3,(H,19,23)(H,21,24)/t10-,11+/m1/s1. The molecule has 0 radical (unpaired) electrons. The molecule has 0 saturated carbocycles. The van der Waals surface area contributed by atoms with Crippen LogP contribution in [0.25, 0.3) is 10.7 Å². The molecule has 2 atom stereocenters. The van der Waals surface area contributed by atoms with E-state index in [-0.39, 0.29) is 11.9 Å². The highest BCUT2D eigenvalue weighted by Crippen LogP contribution is 2.27. The maximum atomic E-state index is 12.8. The predicted octanol–water partition coefficient (Wildman–Crippen LogP) is 4.76. The first-order valence-corrected chi connectivity index (χ1v) is 9.41. The summed E-state index contributed by atoms with van der Waals surface area (Å²) in [5, 5.41) is 12.6. The van der Waals surface area contributed by atoms with Crippen LogP contribution in [0.3, 0.4) is 0 Å². The molecule has 130 valence electrons. The van der Waals surface area contributed by atoms with Crippen LogP contribution in [0.4, 0.5) is 0 Å². The molecule has 0 fully saturated rings. The third-order valence-electron chi connectivity index (χ3n) is 3.94. The molecular formula is C17H17ClN4OS2. The van der Waals surface area contributed by atoms with E-state index >= 15 is 0 Å². The van der Waals surface area contributed by atoms with Crippen LogP contribution in [0.2, 0.25) is 5.02 Å². The molecule has 3 rings (SSSR count). The molecule has 25 heavy (non-hydrogen) atoms. The summed E-state index contributed by atoms with van der Waals surface area (Å²) < 4.78 is 2.15. The molecule has 5 nitrogen and oxygen atoms in total. The normalized spacial score (nSPS) is 13.4. The van der Waals surface area contributed by atoms with Crippen LogP contribution in [-0.4, -0.2) is 20.7 Å². The number of hydrogen-bond acceptors (Lipinski definition) is 4. The summed E-state index contributed by atoms with van der Waals surface area (Å²) >= 11 is 13.1. The van der Waals surface area contributed by atoms with Crippen molar-refractivity contribution in [3.8, 4) is 10.7 Å². The molecule has 0 unspecified atom stereocenters. The third-order valence-corrected chi connectivity index (χ3v) is 5.44. The number of thiophene rings is 1. The van der Waals surface area contributed by atoms with Gasteiger partial charge in [-0.3, -0.25) is 14.5 Å². The smallest absolute Gasteiger partial charge is 0.243 e. The Hall–Kier alpha value is -1.96. The Labute approximate surface area is 159 Å². The molecular weight excluding hydrogens is 376 g/mol. The molecule has 0 aliphatic heterocycles. The molecule has 1 aromatic carbocycles. The summed E-state index contributed by atoms with van der Waals surface area (Å²) in [5.74, 6) is 0.510. The number of carbonyl (C=O) groups excluding carboxylic acids is 1. The first-order chi connectivity index (χ1) is 12.0. The van der Waals surface area contributed by atoms with Crippen LogP contribution in [0.5, 0.6) is 0 Å². The highest BCUT2D eigenvalue weighted by Gasteiger charge is 2.23. The lowest BCUT2D eigenvalue weighted by atomic mass is 10.1. The van der Waals surface area contributed by atoms with Gasteiger partial charge in [0.05, 0.1) is 10.9 Å². The number of hydrogen-bond donors (Lipinski definition) is 2. The van der Waals surface area contributed by atoms with Gasteiger partial charge in [0.25, 0.3) is 0 Å². The van der Waals surface area contributed by atoms with Gasteiger partial charge in [0.15, 0.2) is 10.6 Å². The van der Waals surface area contributed by atoms with Gasteiger partial charge < -0.3 is 5.32 Å². The topological polar surface area (TPSA) is 62.7 Å². The maximum Gasteiger partial charge on any atom is 0.243 e. The van der Waals surface area contributed by atoms with Crippen molar-refractivity contribution in [1.29, 1.82) is 0 Å². The minimum absolute atomic E-state index is 0.150. The van der Waals surface area contributed by atoms with E-state index in [4.69, 9.17) is 23.8 Å². The van der Waals surface area contributed by atoms with Crippen molar-refractivity contribution in [2.24, 2.45) is 0 Å². The Balaban J connectivity index is 1.83. The number of nitrogens with zero attached hydrogens (tertiary/aromatic N) is 2. The van der Waals surface area contributed by atoms with E-state index < -0.39 is 6.04 Å². The number of carbonyl (C=O) groups is 1. The largest absolute Gasteiger partial charge is 0.348 e. The fraction of sp³-hybridized carbons (Fsp3) is 0.235. The fourth-order valence-electron chi connectivity index (χ4n) is 2.60. The Morgan fingerprint density at radius 1 is 1.32 bits per heavy atom. The summed E-state index contributed by atoms with van der Waals surface area (Å²) in [5.41, 5.74) is 0.874. The van der Waals surface area contributed by atoms with Crippen LogP contribution in [0, 0.1) is 4.77 Å². The van der Waals surface area contributed by atoms with Gasteiger partial charge in [-0.1, -0.05) is 35.9 Å². The Bertz CT molecular complexity index is 932. The second kappa shape index (κ2) is 7.51. The number of aromatic amines is 1. The average molecular weight is 393 g/mol. The Morgan fingerprint density at radius 2 is 2.08 bits per heavy atom. The van der Waals surface area contributed by atoms with Crippen molar-refractivity contribution in [3.63, 3.8) is 0 Å². The van der Waals surface area contributed by atoms with Crippen molar-refractivity contribution in [3.05, 3.63) is 57.1 Å². The quantitative estimate of drug-likeness (QED) is 0.615. The van der Waals surface area contributed by atoms with Crippen molar-refractivity contribution < 1.29 is 4.79 Å². The number of amides is 1. The SMILES string of the molecule is C[C@@H](NC(=O)[C@H](C)n1c(-c2cccs2)n[nH]c1=S)c1ccccc1Cl. The second-order valence-corrected chi connectivity index (χ2v) is 7.37. The van der Waals surface area contributed by atoms with E-state index in [0.717, 1.165) is 10.4 Å². The van der Waals surface area contributed by atoms with Gasteiger partial charge in [-0.2, -0.15) is 5.10 Å². The van der Waals surface area contributed by atoms with Gasteiger partial charge in [0.1, 0.15) is 6.04 Å². The highest BCUT2D eigenvalue weighted by molar-refractivity contribution is 7.71. The second-order valence-electron chi connectivity index (χ2n) is 5.63. The van der Waals surface area contributed by atoms with Crippen LogP contribution >= 0.6 is 35.2 Å². The summed E-state index contributed by atoms with van der Waals surface area (Å²) in [6.07, 6.45) is 0. The van der Waals surface area contributed by atoms with Gasteiger partial charge in [0, 0.05) is 5.02 Å². The van der Waals surface area contributed by atoms with E-state index in [9.17, 15) is 4.79 Å². The molecule has 2 heterocycles. The Morgan fingerprint density at radius 3 is 2.76 bits per heavy atom. The summed E-state index contributed by atoms with van der Waals surface area (Å²) in [6, 6.07) is 10.6. The zero-order valence-electron chi connectivity index (χ0n) is 13.7. The zero-order valence-corrected chi connectivity index (χ0v) is 16.1. The maximum absolute atomic E-state index is 12.8. The Kier molecular flexibility index (Phi) is 5.36. The number of rotatable bonds is 5. The van der Waals surface area contributed by atoms with E-state index in [1.165, 1.54) is 0 Å². The lowest BCUT2D eigenvalue weighted by molar-refractivity contribution is -0.124. The molecule has 0 bridgehead atoms. The van der Waals surface area contributed by atoms with Gasteiger partial charge >= 0.3 is 0 Å². The molecule has 1 amide bonds. The monoisotopic (exact) mass is 392 g/mol. The number of nitrogens with one attached hydrogen (secondary N) is 2. The van der Waals surface area contributed by atoms with Gasteiger partial charge in [-0.25, -0.2) is 0 Å². The minimum atomic E-state index is -0.506. The lowest BCUT2D eigenvalue weighted by Crippen LogP contribution is -2.33.